The minimum atomic E-state index is -2.45. The lowest BCUT2D eigenvalue weighted by Gasteiger charge is -2.11. The molecule has 0 aliphatic heterocycles. The molecule has 21 heavy (non-hydrogen) atoms. The summed E-state index contributed by atoms with van der Waals surface area (Å²) in [6.07, 6.45) is 1.26. The normalized spacial score (nSPS) is 18.8. The maximum Gasteiger partial charge on any atom is 0.0702 e. The zero-order valence-corrected chi connectivity index (χ0v) is 11.2. The molecule has 1 heterocycles. The predicted molar refractivity (Wildman–Crippen MR) is 89.3 cm³/mol. The summed E-state index contributed by atoms with van der Waals surface area (Å²) in [5, 5.41) is 0. The molecule has 0 radical (unpaired) electrons. The highest BCUT2D eigenvalue weighted by molar-refractivity contribution is 5.76. The van der Waals surface area contributed by atoms with Gasteiger partial charge >= 0.3 is 0 Å². The van der Waals surface area contributed by atoms with E-state index in [0.717, 1.165) is 0 Å². The van der Waals surface area contributed by atoms with E-state index in [2.05, 4.69) is 4.98 Å². The largest absolute Gasteiger partial charge is 0.256 e. The van der Waals surface area contributed by atoms with Crippen molar-refractivity contribution in [3.63, 3.8) is 0 Å². The highest BCUT2D eigenvalue weighted by Crippen LogP contribution is 2.30. The quantitative estimate of drug-likeness (QED) is 0.618. The molecule has 0 bridgehead atoms. The van der Waals surface area contributed by atoms with E-state index in [0.29, 0.717) is 16.8 Å². The molecule has 1 aromatic heterocycles. The third kappa shape index (κ3) is 2.73. The Morgan fingerprint density at radius 1 is 0.810 bits per heavy atom. The highest BCUT2D eigenvalue weighted by atomic mass is 14.7. The second-order valence-corrected chi connectivity index (χ2v) is 4.74. The SMILES string of the molecule is [2H]C([2H])([2H])c1ccc(-c2ccc(C([2H])([2H])[2H])c(-c3ccccc3C([2H])([2H])[2H])c2)nc1. The summed E-state index contributed by atoms with van der Waals surface area (Å²) in [4.78, 5) is 4.20. The number of rotatable bonds is 2. The number of benzene rings is 2. The molecule has 2 aromatic carbocycles. The van der Waals surface area contributed by atoms with Crippen molar-refractivity contribution in [3.8, 4) is 22.4 Å². The van der Waals surface area contributed by atoms with Crippen LogP contribution in [0.5, 0.6) is 0 Å². The van der Waals surface area contributed by atoms with Crippen LogP contribution in [0.2, 0.25) is 0 Å². The van der Waals surface area contributed by atoms with Crippen LogP contribution in [0.4, 0.5) is 0 Å². The van der Waals surface area contributed by atoms with Crippen molar-refractivity contribution in [2.24, 2.45) is 0 Å². The van der Waals surface area contributed by atoms with Crippen LogP contribution < -0.4 is 0 Å². The van der Waals surface area contributed by atoms with Crippen LogP contribution in [-0.4, -0.2) is 4.98 Å². The first-order valence-corrected chi connectivity index (χ1v) is 6.50. The first kappa shape index (κ1) is 6.57. The number of nitrogens with zero attached hydrogens (tertiary/aromatic N) is 1. The fourth-order valence-electron chi connectivity index (χ4n) is 2.21. The molecule has 3 rings (SSSR count). The summed E-state index contributed by atoms with van der Waals surface area (Å²) >= 11 is 0. The average Bonchev–Trinajstić information content (AvgIpc) is 2.65. The summed E-state index contributed by atoms with van der Waals surface area (Å²) in [5.74, 6) is 0. The van der Waals surface area contributed by atoms with E-state index in [1.54, 1.807) is 36.4 Å². The van der Waals surface area contributed by atoms with Crippen LogP contribution in [0.25, 0.3) is 22.4 Å². The third-order valence-corrected chi connectivity index (χ3v) is 3.30. The van der Waals surface area contributed by atoms with Gasteiger partial charge in [-0.3, -0.25) is 4.98 Å². The Balaban J connectivity index is 2.21. The van der Waals surface area contributed by atoms with Crippen LogP contribution in [0.15, 0.2) is 60.8 Å². The smallest absolute Gasteiger partial charge is 0.0702 e. The fraction of sp³-hybridized carbons (Fsp3) is 0.150. The fourth-order valence-corrected chi connectivity index (χ4v) is 2.21. The summed E-state index contributed by atoms with van der Waals surface area (Å²) in [6.45, 7) is -7.15. The maximum absolute atomic E-state index is 7.88. The minimum Gasteiger partial charge on any atom is -0.256 e. The van der Waals surface area contributed by atoms with Gasteiger partial charge in [0, 0.05) is 24.1 Å². The molecular formula is C20H19N. The molecule has 0 fully saturated rings. The zero-order valence-electron chi connectivity index (χ0n) is 20.2. The number of pyridine rings is 1. The monoisotopic (exact) mass is 282 g/mol. The summed E-state index contributed by atoms with van der Waals surface area (Å²) in [5.41, 5.74) is 1.77. The first-order chi connectivity index (χ1) is 13.8. The maximum atomic E-state index is 7.88. The Kier molecular flexibility index (Phi) is 1.73. The molecule has 0 saturated carbocycles. The summed E-state index contributed by atoms with van der Waals surface area (Å²) in [7, 11) is 0. The predicted octanol–water partition coefficient (Wildman–Crippen LogP) is 5.34. The molecule has 0 saturated heterocycles. The average molecular weight is 282 g/mol. The van der Waals surface area contributed by atoms with Crippen molar-refractivity contribution in [2.75, 3.05) is 0 Å². The first-order valence-electron chi connectivity index (χ1n) is 11.0. The Morgan fingerprint density at radius 3 is 2.43 bits per heavy atom. The lowest BCUT2D eigenvalue weighted by Crippen LogP contribution is -1.90. The second-order valence-electron chi connectivity index (χ2n) is 4.74. The van der Waals surface area contributed by atoms with Gasteiger partial charge in [0.15, 0.2) is 0 Å². The Morgan fingerprint density at radius 2 is 1.67 bits per heavy atom. The van der Waals surface area contributed by atoms with E-state index in [1.807, 2.05) is 0 Å². The van der Waals surface area contributed by atoms with Crippen molar-refractivity contribution in [1.82, 2.24) is 4.98 Å². The number of aromatic nitrogens is 1. The van der Waals surface area contributed by atoms with Gasteiger partial charge in [0.2, 0.25) is 0 Å². The van der Waals surface area contributed by atoms with Crippen molar-refractivity contribution in [3.05, 3.63) is 77.5 Å². The number of hydrogen-bond donors (Lipinski definition) is 0. The Hall–Kier alpha value is -2.41. The molecule has 0 spiro atoms. The van der Waals surface area contributed by atoms with Gasteiger partial charge in [0.1, 0.15) is 0 Å². The molecule has 104 valence electrons. The van der Waals surface area contributed by atoms with Crippen LogP contribution >= 0.6 is 0 Å². The van der Waals surface area contributed by atoms with Crippen LogP contribution in [0.3, 0.4) is 0 Å². The van der Waals surface area contributed by atoms with E-state index >= 15 is 0 Å². The number of aryl methyl sites for hydroxylation is 3. The summed E-state index contributed by atoms with van der Waals surface area (Å²) in [6, 6.07) is 13.9. The molecule has 1 nitrogen and oxygen atoms in total. The lowest BCUT2D eigenvalue weighted by molar-refractivity contribution is 1.27. The standard InChI is InChI=1S/C20H19N/c1-14-8-11-20(21-13-14)17-10-9-16(3)19(12-17)18-7-5-4-6-15(18)2/h4-13H,1-3H3/i1D3,2D3,3D3. The molecule has 1 heteroatoms. The molecule has 0 aliphatic carbocycles. The van der Waals surface area contributed by atoms with Crippen molar-refractivity contribution in [1.29, 1.82) is 0 Å². The Labute approximate surface area is 139 Å². The van der Waals surface area contributed by atoms with Gasteiger partial charge in [-0.05, 0) is 60.5 Å². The molecular weight excluding hydrogens is 254 g/mol. The van der Waals surface area contributed by atoms with Gasteiger partial charge < -0.3 is 0 Å². The number of hydrogen-bond acceptors (Lipinski definition) is 1. The van der Waals surface area contributed by atoms with Crippen LogP contribution in [0, 0.1) is 20.6 Å². The van der Waals surface area contributed by atoms with Crippen molar-refractivity contribution >= 4 is 0 Å². The Bertz CT molecular complexity index is 1050. The van der Waals surface area contributed by atoms with Crippen molar-refractivity contribution in [2.45, 2.75) is 20.6 Å². The van der Waals surface area contributed by atoms with E-state index in [1.165, 1.54) is 24.4 Å². The van der Waals surface area contributed by atoms with Gasteiger partial charge in [-0.1, -0.05) is 42.5 Å². The van der Waals surface area contributed by atoms with Crippen LogP contribution in [-0.2, 0) is 0 Å². The molecule has 0 unspecified atom stereocenters. The van der Waals surface area contributed by atoms with Crippen molar-refractivity contribution < 1.29 is 12.3 Å². The lowest BCUT2D eigenvalue weighted by atomic mass is 9.94. The second kappa shape index (κ2) is 5.53. The topological polar surface area (TPSA) is 12.9 Å². The summed E-state index contributed by atoms with van der Waals surface area (Å²) < 4.78 is 69.4. The van der Waals surface area contributed by atoms with Gasteiger partial charge in [-0.25, -0.2) is 0 Å². The van der Waals surface area contributed by atoms with E-state index in [-0.39, 0.29) is 22.3 Å². The zero-order chi connectivity index (χ0) is 22.3. The van der Waals surface area contributed by atoms with Gasteiger partial charge in [0.05, 0.1) is 5.69 Å². The molecule has 0 atom stereocenters. The van der Waals surface area contributed by atoms with Gasteiger partial charge in [-0.2, -0.15) is 0 Å². The van der Waals surface area contributed by atoms with Gasteiger partial charge in [-0.15, -0.1) is 0 Å². The molecule has 3 aromatic rings. The molecule has 0 N–H and O–H groups in total. The van der Waals surface area contributed by atoms with E-state index < -0.39 is 20.6 Å². The van der Waals surface area contributed by atoms with Crippen LogP contribution in [0.1, 0.15) is 29.0 Å². The van der Waals surface area contributed by atoms with E-state index in [9.17, 15) is 0 Å². The molecule has 0 amide bonds. The third-order valence-electron chi connectivity index (χ3n) is 3.30. The molecule has 0 aliphatic rings. The minimum absolute atomic E-state index is 0.0297. The van der Waals surface area contributed by atoms with Gasteiger partial charge in [0.25, 0.3) is 0 Å². The van der Waals surface area contributed by atoms with E-state index in [4.69, 9.17) is 12.3 Å². The highest BCUT2D eigenvalue weighted by Gasteiger charge is 2.07.